The number of para-hydroxylation sites is 1. The highest BCUT2D eigenvalue weighted by Crippen LogP contribution is 2.25. The lowest BCUT2D eigenvalue weighted by Gasteiger charge is -2.29. The second kappa shape index (κ2) is 9.41. The first-order valence-corrected chi connectivity index (χ1v) is 10.0. The topological polar surface area (TPSA) is 89.0 Å². The maximum absolute atomic E-state index is 13.1. The van der Waals surface area contributed by atoms with Crippen molar-refractivity contribution in [3.63, 3.8) is 0 Å². The summed E-state index contributed by atoms with van der Waals surface area (Å²) in [5.74, 6) is -4.33. The number of carbonyl (C=O) groups excluding carboxylic acids is 3. The molecule has 1 saturated heterocycles. The largest absolute Gasteiger partial charge is 0.495 e. The predicted molar refractivity (Wildman–Crippen MR) is 106 cm³/mol. The molecule has 2 aromatic rings. The predicted octanol–water partition coefficient (Wildman–Crippen LogP) is 3.45. The number of halogens is 3. The normalized spacial score (nSPS) is 16.2. The second-order valence-electron chi connectivity index (χ2n) is 7.49. The summed E-state index contributed by atoms with van der Waals surface area (Å²) >= 11 is 0. The molecule has 0 N–H and O–H groups in total. The van der Waals surface area contributed by atoms with Gasteiger partial charge < -0.3 is 9.80 Å². The van der Waals surface area contributed by atoms with E-state index in [0.717, 1.165) is 16.5 Å². The van der Waals surface area contributed by atoms with E-state index in [4.69, 9.17) is 0 Å². The maximum atomic E-state index is 13.1. The molecule has 172 valence electrons. The van der Waals surface area contributed by atoms with Crippen molar-refractivity contribution in [3.8, 4) is 0 Å². The van der Waals surface area contributed by atoms with Gasteiger partial charge in [0.15, 0.2) is 0 Å². The second-order valence-corrected chi connectivity index (χ2v) is 7.49. The third-order valence-corrected chi connectivity index (χ3v) is 5.42. The number of hydrogen-bond acceptors (Lipinski definition) is 6. The Kier molecular flexibility index (Phi) is 6.85. The number of benzene rings is 1. The van der Waals surface area contributed by atoms with Crippen LogP contribution in [0.3, 0.4) is 0 Å². The van der Waals surface area contributed by atoms with E-state index in [9.17, 15) is 27.6 Å². The fraction of sp³-hybridized carbons (Fsp3) is 0.429. The molecule has 2 atom stereocenters. The Morgan fingerprint density at radius 2 is 1.88 bits per heavy atom. The standard InChI is InChI=1S/C21H22F3N3O5/c1-3-13(2)17(18(28)31-32-19(29)21(22,23)24)27-11-10-26(20(27)30)12-14-8-9-25-16-7-5-4-6-15(14)16/h4-9,13,17H,3,10-12H2,1-2H3/t13-,17-/m0/s1. The molecular weight excluding hydrogens is 431 g/mol. The van der Waals surface area contributed by atoms with Crippen LogP contribution in [0.4, 0.5) is 18.0 Å². The minimum Gasteiger partial charge on any atom is -0.319 e. The number of urea groups is 1. The van der Waals surface area contributed by atoms with Gasteiger partial charge in [-0.05, 0) is 23.6 Å². The minimum atomic E-state index is -5.31. The first kappa shape index (κ1) is 23.3. The number of rotatable bonds is 6. The van der Waals surface area contributed by atoms with Crippen LogP contribution in [0.25, 0.3) is 10.9 Å². The van der Waals surface area contributed by atoms with Crippen molar-refractivity contribution in [2.45, 2.75) is 39.0 Å². The molecular formula is C21H22F3N3O5. The Morgan fingerprint density at radius 1 is 1.16 bits per heavy atom. The van der Waals surface area contributed by atoms with Gasteiger partial charge >= 0.3 is 24.1 Å². The van der Waals surface area contributed by atoms with Gasteiger partial charge in [0.2, 0.25) is 0 Å². The van der Waals surface area contributed by atoms with Crippen molar-refractivity contribution >= 4 is 28.9 Å². The average Bonchev–Trinajstić information content (AvgIpc) is 3.11. The highest BCUT2D eigenvalue weighted by atomic mass is 19.4. The van der Waals surface area contributed by atoms with Crippen LogP contribution in [0.1, 0.15) is 25.8 Å². The maximum Gasteiger partial charge on any atom is 0.495 e. The van der Waals surface area contributed by atoms with Crippen LogP contribution in [-0.2, 0) is 25.9 Å². The summed E-state index contributed by atoms with van der Waals surface area (Å²) in [6, 6.07) is 7.61. The third kappa shape index (κ3) is 4.92. The van der Waals surface area contributed by atoms with E-state index in [1.54, 1.807) is 26.1 Å². The molecule has 0 aliphatic carbocycles. The lowest BCUT2D eigenvalue weighted by Crippen LogP contribution is -2.48. The summed E-state index contributed by atoms with van der Waals surface area (Å²) in [4.78, 5) is 51.2. The Balaban J connectivity index is 1.74. The Labute approximate surface area is 181 Å². The molecule has 2 heterocycles. The van der Waals surface area contributed by atoms with Crippen molar-refractivity contribution in [3.05, 3.63) is 42.1 Å². The van der Waals surface area contributed by atoms with Gasteiger partial charge in [0.25, 0.3) is 0 Å². The molecule has 1 fully saturated rings. The SMILES string of the molecule is CC[C@H](C)[C@@H](C(=O)OOC(=O)C(F)(F)F)N1CCN(Cc2ccnc3ccccc23)C1=O. The molecule has 32 heavy (non-hydrogen) atoms. The van der Waals surface area contributed by atoms with Gasteiger partial charge in [0, 0.05) is 31.2 Å². The number of alkyl halides is 3. The quantitative estimate of drug-likeness (QED) is 0.492. The summed E-state index contributed by atoms with van der Waals surface area (Å²) in [5, 5.41) is 0.887. The summed E-state index contributed by atoms with van der Waals surface area (Å²) in [6.07, 6.45) is -3.23. The number of nitrogens with zero attached hydrogens (tertiary/aromatic N) is 3. The summed E-state index contributed by atoms with van der Waals surface area (Å²) < 4.78 is 36.9. The van der Waals surface area contributed by atoms with Crippen molar-refractivity contribution in [2.75, 3.05) is 13.1 Å². The molecule has 0 bridgehead atoms. The fourth-order valence-electron chi connectivity index (χ4n) is 3.57. The highest BCUT2D eigenvalue weighted by molar-refractivity contribution is 5.86. The molecule has 3 rings (SSSR count). The summed E-state index contributed by atoms with van der Waals surface area (Å²) in [6.45, 7) is 4.15. The van der Waals surface area contributed by atoms with Crippen LogP contribution in [-0.4, -0.2) is 58.1 Å². The zero-order valence-electron chi connectivity index (χ0n) is 17.5. The monoisotopic (exact) mass is 453 g/mol. The van der Waals surface area contributed by atoms with Crippen LogP contribution in [0.2, 0.25) is 0 Å². The summed E-state index contributed by atoms with van der Waals surface area (Å²) in [7, 11) is 0. The molecule has 0 unspecified atom stereocenters. The van der Waals surface area contributed by atoms with Gasteiger partial charge in [-0.15, -0.1) is 0 Å². The van der Waals surface area contributed by atoms with Crippen LogP contribution in [0.15, 0.2) is 36.5 Å². The van der Waals surface area contributed by atoms with Crippen molar-refractivity contribution in [2.24, 2.45) is 5.92 Å². The van der Waals surface area contributed by atoms with Crippen LogP contribution in [0, 0.1) is 5.92 Å². The van der Waals surface area contributed by atoms with Gasteiger partial charge in [-0.2, -0.15) is 13.2 Å². The molecule has 11 heteroatoms. The molecule has 0 radical (unpaired) electrons. The van der Waals surface area contributed by atoms with E-state index in [0.29, 0.717) is 13.0 Å². The molecule has 1 aromatic heterocycles. The molecule has 1 aromatic carbocycles. The third-order valence-electron chi connectivity index (χ3n) is 5.42. The fourth-order valence-corrected chi connectivity index (χ4v) is 3.57. The van der Waals surface area contributed by atoms with Gasteiger partial charge in [0.05, 0.1) is 5.52 Å². The first-order chi connectivity index (χ1) is 15.1. The van der Waals surface area contributed by atoms with E-state index >= 15 is 0 Å². The first-order valence-electron chi connectivity index (χ1n) is 10.0. The molecule has 1 aliphatic heterocycles. The summed E-state index contributed by atoms with van der Waals surface area (Å²) in [5.41, 5.74) is 1.65. The average molecular weight is 453 g/mol. The molecule has 0 saturated carbocycles. The molecule has 0 spiro atoms. The van der Waals surface area contributed by atoms with Crippen LogP contribution in [0.5, 0.6) is 0 Å². The van der Waals surface area contributed by atoms with E-state index in [-0.39, 0.29) is 13.1 Å². The Bertz CT molecular complexity index is 1010. The number of pyridine rings is 1. The Morgan fingerprint density at radius 3 is 2.56 bits per heavy atom. The van der Waals surface area contributed by atoms with Crippen molar-refractivity contribution in [1.82, 2.24) is 14.8 Å². The van der Waals surface area contributed by atoms with Crippen molar-refractivity contribution in [1.29, 1.82) is 0 Å². The number of amides is 2. The zero-order valence-corrected chi connectivity index (χ0v) is 17.5. The van der Waals surface area contributed by atoms with E-state index in [1.807, 2.05) is 24.3 Å². The van der Waals surface area contributed by atoms with E-state index in [2.05, 4.69) is 14.8 Å². The number of carbonyl (C=O) groups is 3. The van der Waals surface area contributed by atoms with Gasteiger partial charge in [-0.3, -0.25) is 4.98 Å². The van der Waals surface area contributed by atoms with Gasteiger partial charge in [0.1, 0.15) is 6.04 Å². The zero-order chi connectivity index (χ0) is 23.5. The Hall–Kier alpha value is -3.37. The highest BCUT2D eigenvalue weighted by Gasteiger charge is 2.45. The van der Waals surface area contributed by atoms with Gasteiger partial charge in [-0.25, -0.2) is 24.2 Å². The van der Waals surface area contributed by atoms with E-state index in [1.165, 1.54) is 9.80 Å². The smallest absolute Gasteiger partial charge is 0.319 e. The molecule has 8 nitrogen and oxygen atoms in total. The van der Waals surface area contributed by atoms with E-state index < -0.39 is 36.1 Å². The van der Waals surface area contributed by atoms with Gasteiger partial charge in [-0.1, -0.05) is 38.5 Å². The lowest BCUT2D eigenvalue weighted by atomic mass is 9.98. The van der Waals surface area contributed by atoms with Crippen LogP contribution < -0.4 is 0 Å². The molecule has 2 amide bonds. The number of hydrogen-bond donors (Lipinski definition) is 0. The van der Waals surface area contributed by atoms with Crippen molar-refractivity contribution < 1.29 is 37.3 Å². The lowest BCUT2D eigenvalue weighted by molar-refractivity contribution is -0.288. The number of aromatic nitrogens is 1. The van der Waals surface area contributed by atoms with Crippen LogP contribution >= 0.6 is 0 Å². The number of fused-ring (bicyclic) bond motifs is 1. The molecule has 1 aliphatic rings. The minimum absolute atomic E-state index is 0.166.